The van der Waals surface area contributed by atoms with E-state index in [-0.39, 0.29) is 29.9 Å². The fourth-order valence-corrected chi connectivity index (χ4v) is 3.13. The Hall–Kier alpha value is -1.57. The van der Waals surface area contributed by atoms with Crippen LogP contribution in [0.3, 0.4) is 0 Å². The molecule has 0 radical (unpaired) electrons. The molecule has 1 aromatic rings. The van der Waals surface area contributed by atoms with Gasteiger partial charge >= 0.3 is 0 Å². The summed E-state index contributed by atoms with van der Waals surface area (Å²) in [7, 11) is 1.79. The second-order valence-electron chi connectivity index (χ2n) is 7.02. The summed E-state index contributed by atoms with van der Waals surface area (Å²) in [5.41, 5.74) is 3.40. The van der Waals surface area contributed by atoms with Crippen molar-refractivity contribution in [2.75, 3.05) is 20.1 Å². The van der Waals surface area contributed by atoms with Crippen molar-refractivity contribution in [2.24, 2.45) is 4.99 Å². The predicted octanol–water partition coefficient (Wildman–Crippen LogP) is 4.39. The van der Waals surface area contributed by atoms with Crippen LogP contribution in [-0.4, -0.2) is 32.0 Å². The number of carbonyl (C=O) groups is 1. The average molecular weight is 498 g/mol. The Bertz CT molecular complexity index is 640. The first-order chi connectivity index (χ1) is 13.2. The van der Waals surface area contributed by atoms with E-state index < -0.39 is 0 Å². The maximum Gasteiger partial charge on any atom is 0.251 e. The fourth-order valence-electron chi connectivity index (χ4n) is 3.13. The number of rotatable bonds is 9. The van der Waals surface area contributed by atoms with E-state index in [2.05, 4.69) is 33.9 Å². The summed E-state index contributed by atoms with van der Waals surface area (Å²) in [5.74, 6) is 0.810. The number of benzene rings is 1. The van der Waals surface area contributed by atoms with Crippen molar-refractivity contribution in [3.8, 4) is 0 Å². The van der Waals surface area contributed by atoms with Gasteiger partial charge in [0.2, 0.25) is 0 Å². The lowest BCUT2D eigenvalue weighted by Gasteiger charge is -2.15. The normalized spacial score (nSPS) is 13.9. The van der Waals surface area contributed by atoms with Gasteiger partial charge in [-0.2, -0.15) is 0 Å². The molecule has 0 aliphatic heterocycles. The van der Waals surface area contributed by atoms with Crippen LogP contribution in [0.25, 0.3) is 0 Å². The molecule has 0 atom stereocenters. The van der Waals surface area contributed by atoms with Gasteiger partial charge in [-0.15, -0.1) is 24.0 Å². The van der Waals surface area contributed by atoms with Crippen LogP contribution in [0, 0.1) is 0 Å². The van der Waals surface area contributed by atoms with Crippen molar-refractivity contribution in [3.05, 3.63) is 47.0 Å². The highest BCUT2D eigenvalue weighted by molar-refractivity contribution is 14.0. The number of aliphatic imine (C=N–C) groups is 1. The molecule has 0 fully saturated rings. The van der Waals surface area contributed by atoms with E-state index in [4.69, 9.17) is 0 Å². The monoisotopic (exact) mass is 498 g/mol. The Kier molecular flexibility index (Phi) is 12.6. The van der Waals surface area contributed by atoms with Gasteiger partial charge in [-0.25, -0.2) is 0 Å². The zero-order valence-corrected chi connectivity index (χ0v) is 19.6. The van der Waals surface area contributed by atoms with Gasteiger partial charge in [0.1, 0.15) is 0 Å². The van der Waals surface area contributed by atoms with E-state index in [1.807, 2.05) is 24.3 Å². The Morgan fingerprint density at radius 2 is 1.86 bits per heavy atom. The van der Waals surface area contributed by atoms with Crippen molar-refractivity contribution in [2.45, 2.75) is 58.4 Å². The molecule has 0 aromatic heterocycles. The SMILES string of the molecule is CCCCNC(=O)c1ccc(CNC(=NC)NCCC2=CCCCC2)cc1.I. The molecule has 156 valence electrons. The smallest absolute Gasteiger partial charge is 0.251 e. The number of allylic oxidation sites excluding steroid dienone is 1. The van der Waals surface area contributed by atoms with Gasteiger partial charge in [-0.05, 0) is 56.2 Å². The maximum absolute atomic E-state index is 12.0. The third-order valence-corrected chi connectivity index (χ3v) is 4.84. The minimum atomic E-state index is -0.00236. The third-order valence-electron chi connectivity index (χ3n) is 4.84. The topological polar surface area (TPSA) is 65.5 Å². The number of amides is 1. The number of guanidine groups is 1. The molecular weight excluding hydrogens is 463 g/mol. The summed E-state index contributed by atoms with van der Waals surface area (Å²) in [4.78, 5) is 16.3. The number of nitrogens with one attached hydrogen (secondary N) is 3. The van der Waals surface area contributed by atoms with Crippen LogP contribution in [-0.2, 0) is 6.54 Å². The number of unbranched alkanes of at least 4 members (excludes halogenated alkanes) is 1. The highest BCUT2D eigenvalue weighted by atomic mass is 127. The minimum absolute atomic E-state index is 0. The molecular formula is C22H35IN4O. The van der Waals surface area contributed by atoms with Crippen molar-refractivity contribution in [1.82, 2.24) is 16.0 Å². The summed E-state index contributed by atoms with van der Waals surface area (Å²) in [6, 6.07) is 7.73. The summed E-state index contributed by atoms with van der Waals surface area (Å²) in [5, 5.41) is 9.65. The van der Waals surface area contributed by atoms with E-state index in [0.29, 0.717) is 12.1 Å². The Labute approximate surface area is 186 Å². The van der Waals surface area contributed by atoms with Crippen LogP contribution in [0.15, 0.2) is 40.9 Å². The number of halogens is 1. The van der Waals surface area contributed by atoms with E-state index in [1.54, 1.807) is 12.6 Å². The number of nitrogens with zero attached hydrogens (tertiary/aromatic N) is 1. The lowest BCUT2D eigenvalue weighted by molar-refractivity contribution is 0.0953. The molecule has 0 unspecified atom stereocenters. The lowest BCUT2D eigenvalue weighted by Crippen LogP contribution is -2.37. The molecule has 6 heteroatoms. The van der Waals surface area contributed by atoms with E-state index in [9.17, 15) is 4.79 Å². The Morgan fingerprint density at radius 3 is 2.50 bits per heavy atom. The molecule has 1 aliphatic carbocycles. The molecule has 28 heavy (non-hydrogen) atoms. The molecule has 1 aliphatic rings. The van der Waals surface area contributed by atoms with Crippen LogP contribution in [0.5, 0.6) is 0 Å². The molecule has 3 N–H and O–H groups in total. The van der Waals surface area contributed by atoms with Gasteiger partial charge < -0.3 is 16.0 Å². The quantitative estimate of drug-likeness (QED) is 0.156. The molecule has 1 aromatic carbocycles. The maximum atomic E-state index is 12.0. The Balaban J connectivity index is 0.00000392. The van der Waals surface area contributed by atoms with Gasteiger partial charge in [-0.3, -0.25) is 9.79 Å². The van der Waals surface area contributed by atoms with Crippen molar-refractivity contribution in [1.29, 1.82) is 0 Å². The predicted molar refractivity (Wildman–Crippen MR) is 128 cm³/mol. The summed E-state index contributed by atoms with van der Waals surface area (Å²) in [6.45, 7) is 4.43. The molecule has 2 rings (SSSR count). The number of carbonyl (C=O) groups excluding carboxylic acids is 1. The van der Waals surface area contributed by atoms with Gasteiger partial charge in [-0.1, -0.05) is 37.1 Å². The van der Waals surface area contributed by atoms with Crippen molar-refractivity contribution >= 4 is 35.8 Å². The zero-order chi connectivity index (χ0) is 19.3. The number of hydrogen-bond acceptors (Lipinski definition) is 2. The summed E-state index contributed by atoms with van der Waals surface area (Å²) >= 11 is 0. The van der Waals surface area contributed by atoms with Gasteiger partial charge in [0.25, 0.3) is 5.91 Å². The van der Waals surface area contributed by atoms with Crippen LogP contribution in [0.4, 0.5) is 0 Å². The molecule has 0 saturated heterocycles. The van der Waals surface area contributed by atoms with Crippen LogP contribution in [0.2, 0.25) is 0 Å². The van der Waals surface area contributed by atoms with Crippen molar-refractivity contribution in [3.63, 3.8) is 0 Å². The van der Waals surface area contributed by atoms with Gasteiger partial charge in [0.05, 0.1) is 0 Å². The molecule has 0 spiro atoms. The first kappa shape index (κ1) is 24.5. The average Bonchev–Trinajstić information content (AvgIpc) is 2.72. The first-order valence-corrected chi connectivity index (χ1v) is 10.2. The highest BCUT2D eigenvalue weighted by Crippen LogP contribution is 2.19. The Morgan fingerprint density at radius 1 is 1.07 bits per heavy atom. The lowest BCUT2D eigenvalue weighted by atomic mass is 9.97. The standard InChI is InChI=1S/C22H34N4O.HI/c1-3-4-15-24-21(27)20-12-10-19(11-13-20)17-26-22(23-2)25-16-14-18-8-6-5-7-9-18;/h8,10-13H,3-7,9,14-17H2,1-2H3,(H,24,27)(H2,23,25,26);1H. The molecule has 1 amide bonds. The van der Waals surface area contributed by atoms with Crippen LogP contribution in [0.1, 0.15) is 67.8 Å². The van der Waals surface area contributed by atoms with E-state index in [0.717, 1.165) is 43.9 Å². The van der Waals surface area contributed by atoms with E-state index in [1.165, 1.54) is 25.7 Å². The first-order valence-electron chi connectivity index (χ1n) is 10.2. The van der Waals surface area contributed by atoms with Crippen LogP contribution < -0.4 is 16.0 Å². The molecule has 5 nitrogen and oxygen atoms in total. The number of hydrogen-bond donors (Lipinski definition) is 3. The minimum Gasteiger partial charge on any atom is -0.356 e. The van der Waals surface area contributed by atoms with Gasteiger partial charge in [0, 0.05) is 32.2 Å². The zero-order valence-electron chi connectivity index (χ0n) is 17.2. The summed E-state index contributed by atoms with van der Waals surface area (Å²) in [6.07, 6.45) is 10.7. The summed E-state index contributed by atoms with van der Waals surface area (Å²) < 4.78 is 0. The highest BCUT2D eigenvalue weighted by Gasteiger charge is 2.06. The second-order valence-corrected chi connectivity index (χ2v) is 7.02. The fraction of sp³-hybridized carbons (Fsp3) is 0.545. The molecule has 0 bridgehead atoms. The largest absolute Gasteiger partial charge is 0.356 e. The second kappa shape index (κ2) is 14.4. The van der Waals surface area contributed by atoms with E-state index >= 15 is 0 Å². The van der Waals surface area contributed by atoms with Crippen LogP contribution >= 0.6 is 24.0 Å². The van der Waals surface area contributed by atoms with Crippen molar-refractivity contribution < 1.29 is 4.79 Å². The van der Waals surface area contributed by atoms with Gasteiger partial charge in [0.15, 0.2) is 5.96 Å². The molecule has 0 saturated carbocycles. The third kappa shape index (κ3) is 9.08. The molecule has 0 heterocycles.